The predicted octanol–water partition coefficient (Wildman–Crippen LogP) is 0.512. The number of carbonyl (C=O) groups excluding carboxylic acids is 3. The zero-order valence-electron chi connectivity index (χ0n) is 10.4. The fraction of sp³-hybridized carbons (Fsp3) is 0.455. The maximum Gasteiger partial charge on any atom is 0.335 e. The van der Waals surface area contributed by atoms with Gasteiger partial charge in [-0.1, -0.05) is 0 Å². The summed E-state index contributed by atoms with van der Waals surface area (Å²) in [4.78, 5) is 36.4. The van der Waals surface area contributed by atoms with Gasteiger partial charge in [0.05, 0.1) is 11.9 Å². The molecular formula is C11H14N4O3. The Hall–Kier alpha value is -2.18. The van der Waals surface area contributed by atoms with Gasteiger partial charge in [-0.25, -0.2) is 9.69 Å². The lowest BCUT2D eigenvalue weighted by Gasteiger charge is -2.33. The molecule has 0 aromatic carbocycles. The standard InChI is InChI=1S/C11H14N4O3/c1-4-14-6-7(5-12-14)15-9(17)11(2,3)8(16)13-10(15)18/h5-6H,4H2,1-3H3,(H,13,16,18). The first-order chi connectivity index (χ1) is 8.37. The number of carbonyl (C=O) groups is 3. The van der Waals surface area contributed by atoms with Crippen molar-refractivity contribution >= 4 is 23.5 Å². The molecule has 0 radical (unpaired) electrons. The number of hydrogen-bond donors (Lipinski definition) is 1. The highest BCUT2D eigenvalue weighted by Gasteiger charge is 2.47. The maximum atomic E-state index is 12.2. The number of imide groups is 2. The van der Waals surface area contributed by atoms with Gasteiger partial charge in [-0.2, -0.15) is 5.10 Å². The summed E-state index contributed by atoms with van der Waals surface area (Å²) in [6.45, 7) is 5.48. The van der Waals surface area contributed by atoms with Gasteiger partial charge in [0, 0.05) is 12.7 Å². The van der Waals surface area contributed by atoms with Crippen LogP contribution in [0.3, 0.4) is 0 Å². The average Bonchev–Trinajstić information content (AvgIpc) is 2.76. The highest BCUT2D eigenvalue weighted by molar-refractivity contribution is 6.29. The lowest BCUT2D eigenvalue weighted by atomic mass is 9.89. The fourth-order valence-electron chi connectivity index (χ4n) is 1.65. The van der Waals surface area contributed by atoms with Crippen LogP contribution in [-0.2, 0) is 16.1 Å². The third kappa shape index (κ3) is 1.68. The molecule has 0 unspecified atom stereocenters. The molecule has 2 heterocycles. The van der Waals surface area contributed by atoms with E-state index in [9.17, 15) is 14.4 Å². The minimum absolute atomic E-state index is 0.361. The Morgan fingerprint density at radius 1 is 1.33 bits per heavy atom. The summed E-state index contributed by atoms with van der Waals surface area (Å²) < 4.78 is 1.60. The lowest BCUT2D eigenvalue weighted by molar-refractivity contribution is -0.140. The summed E-state index contributed by atoms with van der Waals surface area (Å²) >= 11 is 0. The van der Waals surface area contributed by atoms with Crippen LogP contribution < -0.4 is 10.2 Å². The molecule has 0 bridgehead atoms. The molecule has 2 rings (SSSR count). The Labute approximate surface area is 104 Å². The van der Waals surface area contributed by atoms with Gasteiger partial charge in [-0.05, 0) is 20.8 Å². The molecule has 4 amide bonds. The second-order valence-corrected chi connectivity index (χ2v) is 4.58. The molecule has 1 aliphatic heterocycles. The topological polar surface area (TPSA) is 84.3 Å². The molecule has 7 nitrogen and oxygen atoms in total. The van der Waals surface area contributed by atoms with Crippen LogP contribution in [-0.4, -0.2) is 27.6 Å². The number of aromatic nitrogens is 2. The van der Waals surface area contributed by atoms with Crippen molar-refractivity contribution in [3.8, 4) is 0 Å². The third-order valence-electron chi connectivity index (χ3n) is 2.93. The Balaban J connectivity index is 2.40. The zero-order valence-corrected chi connectivity index (χ0v) is 10.4. The first-order valence-corrected chi connectivity index (χ1v) is 5.60. The molecule has 1 aliphatic rings. The molecule has 0 aliphatic carbocycles. The molecule has 96 valence electrons. The largest absolute Gasteiger partial charge is 0.335 e. The van der Waals surface area contributed by atoms with Crippen LogP contribution in [0.2, 0.25) is 0 Å². The van der Waals surface area contributed by atoms with Crippen molar-refractivity contribution in [1.82, 2.24) is 15.1 Å². The molecule has 0 saturated carbocycles. The zero-order chi connectivity index (χ0) is 13.5. The van der Waals surface area contributed by atoms with E-state index in [4.69, 9.17) is 0 Å². The van der Waals surface area contributed by atoms with Gasteiger partial charge in [0.1, 0.15) is 5.41 Å². The average molecular weight is 250 g/mol. The van der Waals surface area contributed by atoms with E-state index in [1.54, 1.807) is 10.9 Å². The summed E-state index contributed by atoms with van der Waals surface area (Å²) in [5, 5.41) is 6.17. The van der Waals surface area contributed by atoms with Gasteiger partial charge in [-0.15, -0.1) is 0 Å². The minimum atomic E-state index is -1.26. The molecule has 1 N–H and O–H groups in total. The number of aryl methyl sites for hydroxylation is 1. The molecule has 1 fully saturated rings. The van der Waals surface area contributed by atoms with Gasteiger partial charge in [-0.3, -0.25) is 19.6 Å². The van der Waals surface area contributed by atoms with E-state index in [0.29, 0.717) is 12.2 Å². The fourth-order valence-corrected chi connectivity index (χ4v) is 1.65. The molecular weight excluding hydrogens is 236 g/mol. The van der Waals surface area contributed by atoms with Crippen molar-refractivity contribution in [3.05, 3.63) is 12.4 Å². The first-order valence-electron chi connectivity index (χ1n) is 5.60. The van der Waals surface area contributed by atoms with Gasteiger partial charge < -0.3 is 0 Å². The molecule has 1 saturated heterocycles. The number of anilines is 1. The first kappa shape index (κ1) is 12.3. The smallest absolute Gasteiger partial charge is 0.276 e. The van der Waals surface area contributed by atoms with Crippen LogP contribution in [0.15, 0.2) is 12.4 Å². The number of rotatable bonds is 2. The second-order valence-electron chi connectivity index (χ2n) is 4.58. The van der Waals surface area contributed by atoms with Crippen molar-refractivity contribution in [2.75, 3.05) is 4.90 Å². The van der Waals surface area contributed by atoms with Crippen molar-refractivity contribution < 1.29 is 14.4 Å². The Morgan fingerprint density at radius 3 is 2.56 bits per heavy atom. The van der Waals surface area contributed by atoms with Crippen LogP contribution in [0.5, 0.6) is 0 Å². The van der Waals surface area contributed by atoms with Gasteiger partial charge in [0.2, 0.25) is 11.8 Å². The number of nitrogens with one attached hydrogen (secondary N) is 1. The third-order valence-corrected chi connectivity index (χ3v) is 2.93. The van der Waals surface area contributed by atoms with Crippen molar-refractivity contribution in [2.24, 2.45) is 5.41 Å². The summed E-state index contributed by atoms with van der Waals surface area (Å²) in [6, 6.07) is -0.736. The Morgan fingerprint density at radius 2 is 2.00 bits per heavy atom. The molecule has 7 heteroatoms. The number of nitrogens with zero attached hydrogens (tertiary/aromatic N) is 3. The number of hydrogen-bond acceptors (Lipinski definition) is 4. The number of barbiturate groups is 1. The van der Waals surface area contributed by atoms with Gasteiger partial charge >= 0.3 is 6.03 Å². The molecule has 18 heavy (non-hydrogen) atoms. The SMILES string of the molecule is CCn1cc(N2C(=O)NC(=O)C(C)(C)C2=O)cn1. The highest BCUT2D eigenvalue weighted by atomic mass is 16.2. The lowest BCUT2D eigenvalue weighted by Crippen LogP contribution is -2.62. The van der Waals surface area contributed by atoms with E-state index in [-0.39, 0.29) is 0 Å². The highest BCUT2D eigenvalue weighted by Crippen LogP contribution is 2.27. The van der Waals surface area contributed by atoms with Crippen LogP contribution in [0.25, 0.3) is 0 Å². The molecule has 0 spiro atoms. The van der Waals surface area contributed by atoms with E-state index < -0.39 is 23.3 Å². The van der Waals surface area contributed by atoms with Crippen molar-refractivity contribution in [2.45, 2.75) is 27.3 Å². The Bertz CT molecular complexity index is 532. The minimum Gasteiger partial charge on any atom is -0.276 e. The van der Waals surface area contributed by atoms with Crippen molar-refractivity contribution in [1.29, 1.82) is 0 Å². The molecule has 0 atom stereocenters. The quantitative estimate of drug-likeness (QED) is 0.775. The predicted molar refractivity (Wildman–Crippen MR) is 62.7 cm³/mol. The van der Waals surface area contributed by atoms with Crippen LogP contribution in [0, 0.1) is 5.41 Å². The van der Waals surface area contributed by atoms with Crippen LogP contribution in [0.1, 0.15) is 20.8 Å². The van der Waals surface area contributed by atoms with Gasteiger partial charge in [0.15, 0.2) is 0 Å². The summed E-state index contributed by atoms with van der Waals surface area (Å²) in [5.41, 5.74) is -0.901. The Kier molecular flexibility index (Phi) is 2.68. The summed E-state index contributed by atoms with van der Waals surface area (Å²) in [6.07, 6.45) is 3.01. The van der Waals surface area contributed by atoms with E-state index in [1.165, 1.54) is 20.0 Å². The van der Waals surface area contributed by atoms with E-state index in [1.807, 2.05) is 6.92 Å². The van der Waals surface area contributed by atoms with Gasteiger partial charge in [0.25, 0.3) is 0 Å². The maximum absolute atomic E-state index is 12.2. The van der Waals surface area contributed by atoms with E-state index in [2.05, 4.69) is 10.4 Å². The van der Waals surface area contributed by atoms with Crippen LogP contribution in [0.4, 0.5) is 10.5 Å². The molecule has 1 aromatic rings. The van der Waals surface area contributed by atoms with Crippen LogP contribution >= 0.6 is 0 Å². The monoisotopic (exact) mass is 250 g/mol. The summed E-state index contributed by atoms with van der Waals surface area (Å²) in [5.74, 6) is -1.14. The molecule has 1 aromatic heterocycles. The van der Waals surface area contributed by atoms with E-state index in [0.717, 1.165) is 4.90 Å². The summed E-state index contributed by atoms with van der Waals surface area (Å²) in [7, 11) is 0. The van der Waals surface area contributed by atoms with E-state index >= 15 is 0 Å². The van der Waals surface area contributed by atoms with Crippen molar-refractivity contribution in [3.63, 3.8) is 0 Å². The normalized spacial score (nSPS) is 19.1. The second kappa shape index (κ2) is 3.94. The number of urea groups is 1. The number of amides is 4.